The monoisotopic (exact) mass is 235 g/mol. The Morgan fingerprint density at radius 3 is 2.35 bits per heavy atom. The molecule has 1 aliphatic rings. The second kappa shape index (κ2) is 4.28. The smallest absolute Gasteiger partial charge is 0.251 e. The van der Waals surface area contributed by atoms with Gasteiger partial charge in [-0.05, 0) is 30.4 Å². The molecule has 0 atom stereocenters. The standard InChI is InChI=1S/C13H17NO3/c1-13(3-2-4-13)8-14-12(17)9-5-10(15)7-11(16)6-9/h5-7,15-16H,2-4,8H2,1H3,(H,14,17). The van der Waals surface area contributed by atoms with Gasteiger partial charge in [0.15, 0.2) is 0 Å². The van der Waals surface area contributed by atoms with Crippen LogP contribution in [0.4, 0.5) is 0 Å². The number of nitrogens with one attached hydrogen (secondary N) is 1. The Kier molecular flexibility index (Phi) is 2.96. The molecule has 2 rings (SSSR count). The van der Waals surface area contributed by atoms with Crippen LogP contribution >= 0.6 is 0 Å². The summed E-state index contributed by atoms with van der Waals surface area (Å²) in [5, 5.41) is 21.4. The van der Waals surface area contributed by atoms with Crippen molar-refractivity contribution in [3.8, 4) is 11.5 Å². The number of phenols is 2. The molecule has 1 fully saturated rings. The van der Waals surface area contributed by atoms with Crippen molar-refractivity contribution in [2.75, 3.05) is 6.54 Å². The van der Waals surface area contributed by atoms with Gasteiger partial charge in [-0.1, -0.05) is 13.3 Å². The molecular formula is C13H17NO3. The molecule has 0 saturated heterocycles. The predicted octanol–water partition coefficient (Wildman–Crippen LogP) is 2.02. The Morgan fingerprint density at radius 2 is 1.88 bits per heavy atom. The maximum atomic E-state index is 11.8. The van der Waals surface area contributed by atoms with Crippen molar-refractivity contribution in [1.29, 1.82) is 0 Å². The molecule has 0 heterocycles. The minimum atomic E-state index is -0.260. The number of hydrogen-bond acceptors (Lipinski definition) is 3. The Morgan fingerprint density at radius 1 is 1.29 bits per heavy atom. The van der Waals surface area contributed by atoms with Gasteiger partial charge in [0.2, 0.25) is 0 Å². The average molecular weight is 235 g/mol. The summed E-state index contributed by atoms with van der Waals surface area (Å²) < 4.78 is 0. The molecule has 1 amide bonds. The molecule has 1 aromatic rings. The van der Waals surface area contributed by atoms with Crippen molar-refractivity contribution >= 4 is 5.91 Å². The number of phenolic OH excluding ortho intramolecular Hbond substituents is 2. The lowest BCUT2D eigenvalue weighted by Gasteiger charge is -2.38. The van der Waals surface area contributed by atoms with Gasteiger partial charge in [0.1, 0.15) is 11.5 Å². The molecule has 0 radical (unpaired) electrons. The van der Waals surface area contributed by atoms with E-state index in [0.717, 1.165) is 12.8 Å². The number of aromatic hydroxyl groups is 2. The average Bonchev–Trinajstić information content (AvgIpc) is 2.22. The molecular weight excluding hydrogens is 218 g/mol. The quantitative estimate of drug-likeness (QED) is 0.750. The second-order valence-electron chi connectivity index (χ2n) is 5.08. The van der Waals surface area contributed by atoms with Crippen LogP contribution in [0.2, 0.25) is 0 Å². The van der Waals surface area contributed by atoms with Gasteiger partial charge >= 0.3 is 0 Å². The topological polar surface area (TPSA) is 69.6 Å². The molecule has 4 nitrogen and oxygen atoms in total. The van der Waals surface area contributed by atoms with Crippen LogP contribution in [0.15, 0.2) is 18.2 Å². The van der Waals surface area contributed by atoms with E-state index in [1.807, 2.05) is 0 Å². The summed E-state index contributed by atoms with van der Waals surface area (Å²) >= 11 is 0. The Labute approximate surface area is 100 Å². The van der Waals surface area contributed by atoms with Crippen LogP contribution < -0.4 is 5.32 Å². The zero-order chi connectivity index (χ0) is 12.5. The van der Waals surface area contributed by atoms with Crippen LogP contribution in [0.1, 0.15) is 36.5 Å². The van der Waals surface area contributed by atoms with Gasteiger partial charge in [0, 0.05) is 18.2 Å². The first-order chi connectivity index (χ1) is 7.98. The summed E-state index contributed by atoms with van der Waals surface area (Å²) in [4.78, 5) is 11.8. The molecule has 1 aliphatic carbocycles. The lowest BCUT2D eigenvalue weighted by molar-refractivity contribution is 0.0890. The van der Waals surface area contributed by atoms with E-state index < -0.39 is 0 Å². The molecule has 17 heavy (non-hydrogen) atoms. The van der Waals surface area contributed by atoms with Crippen molar-refractivity contribution < 1.29 is 15.0 Å². The maximum Gasteiger partial charge on any atom is 0.251 e. The van der Waals surface area contributed by atoms with Crippen molar-refractivity contribution in [1.82, 2.24) is 5.32 Å². The van der Waals surface area contributed by atoms with E-state index in [4.69, 9.17) is 0 Å². The highest BCUT2D eigenvalue weighted by molar-refractivity contribution is 5.95. The highest BCUT2D eigenvalue weighted by atomic mass is 16.3. The second-order valence-corrected chi connectivity index (χ2v) is 5.08. The maximum absolute atomic E-state index is 11.8. The summed E-state index contributed by atoms with van der Waals surface area (Å²) in [6.45, 7) is 2.79. The van der Waals surface area contributed by atoms with Gasteiger partial charge < -0.3 is 15.5 Å². The SMILES string of the molecule is CC1(CNC(=O)c2cc(O)cc(O)c2)CCC1. The zero-order valence-electron chi connectivity index (χ0n) is 9.86. The van der Waals surface area contributed by atoms with Crippen molar-refractivity contribution in [3.63, 3.8) is 0 Å². The molecule has 4 heteroatoms. The highest BCUT2D eigenvalue weighted by Crippen LogP contribution is 2.39. The van der Waals surface area contributed by atoms with E-state index >= 15 is 0 Å². The van der Waals surface area contributed by atoms with E-state index in [9.17, 15) is 15.0 Å². The minimum Gasteiger partial charge on any atom is -0.508 e. The molecule has 0 aliphatic heterocycles. The van der Waals surface area contributed by atoms with E-state index in [2.05, 4.69) is 12.2 Å². The van der Waals surface area contributed by atoms with Crippen LogP contribution in [0, 0.1) is 5.41 Å². The number of hydrogen-bond donors (Lipinski definition) is 3. The molecule has 1 aromatic carbocycles. The van der Waals surface area contributed by atoms with Crippen LogP contribution in [-0.4, -0.2) is 22.7 Å². The number of benzene rings is 1. The molecule has 0 aromatic heterocycles. The fraction of sp³-hybridized carbons (Fsp3) is 0.462. The van der Waals surface area contributed by atoms with Crippen molar-refractivity contribution in [2.24, 2.45) is 5.41 Å². The Bertz CT molecular complexity index is 418. The third-order valence-corrected chi connectivity index (χ3v) is 3.40. The van der Waals surface area contributed by atoms with E-state index in [1.54, 1.807) is 0 Å². The fourth-order valence-electron chi connectivity index (χ4n) is 2.08. The highest BCUT2D eigenvalue weighted by Gasteiger charge is 2.31. The number of rotatable bonds is 3. The molecule has 1 saturated carbocycles. The van der Waals surface area contributed by atoms with Gasteiger partial charge in [0.05, 0.1) is 0 Å². The lowest BCUT2D eigenvalue weighted by atomic mass is 9.70. The number of carbonyl (C=O) groups excluding carboxylic acids is 1. The first-order valence-corrected chi connectivity index (χ1v) is 5.80. The third kappa shape index (κ3) is 2.70. The van der Waals surface area contributed by atoms with Gasteiger partial charge in [-0.3, -0.25) is 4.79 Å². The van der Waals surface area contributed by atoms with Crippen molar-refractivity contribution in [3.05, 3.63) is 23.8 Å². The first kappa shape index (κ1) is 11.8. The van der Waals surface area contributed by atoms with Crippen molar-refractivity contribution in [2.45, 2.75) is 26.2 Å². The number of amides is 1. The van der Waals surface area contributed by atoms with Gasteiger partial charge in [-0.15, -0.1) is 0 Å². The summed E-state index contributed by atoms with van der Waals surface area (Å²) in [6.07, 6.45) is 3.50. The predicted molar refractivity (Wildman–Crippen MR) is 64.1 cm³/mol. The van der Waals surface area contributed by atoms with Crippen LogP contribution in [-0.2, 0) is 0 Å². The molecule has 0 bridgehead atoms. The molecule has 3 N–H and O–H groups in total. The van der Waals surface area contributed by atoms with Crippen LogP contribution in [0.25, 0.3) is 0 Å². The summed E-state index contributed by atoms with van der Waals surface area (Å²) in [7, 11) is 0. The Balaban J connectivity index is 1.99. The lowest BCUT2D eigenvalue weighted by Crippen LogP contribution is -2.39. The van der Waals surface area contributed by atoms with Gasteiger partial charge in [-0.2, -0.15) is 0 Å². The normalized spacial score (nSPS) is 17.2. The van der Waals surface area contributed by atoms with Gasteiger partial charge in [0.25, 0.3) is 5.91 Å². The van der Waals surface area contributed by atoms with Crippen LogP contribution in [0.5, 0.6) is 11.5 Å². The third-order valence-electron chi connectivity index (χ3n) is 3.40. The minimum absolute atomic E-state index is 0.106. The number of carbonyl (C=O) groups is 1. The van der Waals surface area contributed by atoms with E-state index in [-0.39, 0.29) is 28.4 Å². The largest absolute Gasteiger partial charge is 0.508 e. The molecule has 92 valence electrons. The van der Waals surface area contributed by atoms with Gasteiger partial charge in [-0.25, -0.2) is 0 Å². The molecule has 0 unspecified atom stereocenters. The van der Waals surface area contributed by atoms with Crippen LogP contribution in [0.3, 0.4) is 0 Å². The van der Waals surface area contributed by atoms with E-state index in [0.29, 0.717) is 6.54 Å². The fourth-order valence-corrected chi connectivity index (χ4v) is 2.08. The summed E-state index contributed by atoms with van der Waals surface area (Å²) in [5.74, 6) is -0.473. The zero-order valence-corrected chi connectivity index (χ0v) is 9.86. The summed E-state index contributed by atoms with van der Waals surface area (Å²) in [6, 6.07) is 3.89. The molecule has 0 spiro atoms. The summed E-state index contributed by atoms with van der Waals surface area (Å²) in [5.41, 5.74) is 0.500. The van der Waals surface area contributed by atoms with E-state index in [1.165, 1.54) is 24.6 Å². The first-order valence-electron chi connectivity index (χ1n) is 5.80. The Hall–Kier alpha value is -1.71.